The quantitative estimate of drug-likeness (QED) is 0.642. The van der Waals surface area contributed by atoms with E-state index >= 15 is 0 Å². The molecule has 0 unspecified atom stereocenters. The number of rotatable bonds is 4. The highest BCUT2D eigenvalue weighted by Crippen LogP contribution is 2.26. The van der Waals surface area contributed by atoms with Gasteiger partial charge in [0.25, 0.3) is 6.43 Å². The first-order valence-electron chi connectivity index (χ1n) is 4.26. The molecule has 5 heteroatoms. The van der Waals surface area contributed by atoms with Crippen LogP contribution in [0.2, 0.25) is 0 Å². The van der Waals surface area contributed by atoms with Crippen LogP contribution in [0.3, 0.4) is 0 Å². The highest BCUT2D eigenvalue weighted by atomic mass is 35.5. The van der Waals surface area contributed by atoms with Gasteiger partial charge in [-0.2, -0.15) is 0 Å². The number of hydrogen-bond acceptors (Lipinski definition) is 2. The predicted octanol–water partition coefficient (Wildman–Crippen LogP) is 3.14. The topological polar surface area (TPSA) is 37.3 Å². The van der Waals surface area contributed by atoms with Crippen molar-refractivity contribution in [3.05, 3.63) is 29.3 Å². The summed E-state index contributed by atoms with van der Waals surface area (Å²) >= 11 is 5.35. The maximum absolute atomic E-state index is 12.3. The molecule has 0 aliphatic heterocycles. The molecule has 0 saturated heterocycles. The summed E-state index contributed by atoms with van der Waals surface area (Å²) in [6.45, 7) is 0. The maximum atomic E-state index is 12.3. The van der Waals surface area contributed by atoms with Gasteiger partial charge in [0, 0.05) is 17.9 Å². The average molecular weight is 235 g/mol. The van der Waals surface area contributed by atoms with Crippen molar-refractivity contribution < 1.29 is 18.7 Å². The Morgan fingerprint density at radius 3 is 2.67 bits per heavy atom. The van der Waals surface area contributed by atoms with Crippen molar-refractivity contribution in [1.29, 1.82) is 0 Å². The number of Topliss-reactive ketones (excluding diaryl/α,β-unsaturated/α-hetero) is 1. The van der Waals surface area contributed by atoms with Crippen molar-refractivity contribution in [2.24, 2.45) is 0 Å². The van der Waals surface area contributed by atoms with E-state index in [4.69, 9.17) is 11.6 Å². The van der Waals surface area contributed by atoms with Crippen molar-refractivity contribution in [3.8, 4) is 5.75 Å². The number of halogens is 3. The number of phenolic OH excluding ortho intramolecular Hbond substituents is 1. The van der Waals surface area contributed by atoms with E-state index in [0.29, 0.717) is 0 Å². The van der Waals surface area contributed by atoms with Crippen LogP contribution in [0.1, 0.15) is 28.8 Å². The first kappa shape index (κ1) is 11.9. The molecule has 1 N–H and O–H groups in total. The predicted molar refractivity (Wildman–Crippen MR) is 52.7 cm³/mol. The third-order valence-electron chi connectivity index (χ3n) is 1.89. The van der Waals surface area contributed by atoms with Crippen molar-refractivity contribution >= 4 is 17.4 Å². The Morgan fingerprint density at radius 1 is 1.47 bits per heavy atom. The number of benzene rings is 1. The largest absolute Gasteiger partial charge is 0.507 e. The van der Waals surface area contributed by atoms with Gasteiger partial charge in [-0.25, -0.2) is 8.78 Å². The minimum Gasteiger partial charge on any atom is -0.507 e. The summed E-state index contributed by atoms with van der Waals surface area (Å²) in [6, 6.07) is 3.16. The lowest BCUT2D eigenvalue weighted by atomic mass is 10.0. The fraction of sp³-hybridized carbons (Fsp3) is 0.300. The lowest BCUT2D eigenvalue weighted by Crippen LogP contribution is -2.01. The molecule has 82 valence electrons. The van der Waals surface area contributed by atoms with Gasteiger partial charge in [0.2, 0.25) is 0 Å². The number of hydrogen-bond donors (Lipinski definition) is 1. The number of carbonyl (C=O) groups excluding carboxylic acids is 1. The summed E-state index contributed by atoms with van der Waals surface area (Å²) in [5.41, 5.74) is -0.390. The Bertz CT molecular complexity index is 366. The monoisotopic (exact) mass is 234 g/mol. The Kier molecular flexibility index (Phi) is 4.03. The molecule has 0 saturated carbocycles. The molecule has 0 aliphatic rings. The molecule has 2 nitrogen and oxygen atoms in total. The van der Waals surface area contributed by atoms with E-state index < -0.39 is 12.2 Å². The zero-order valence-electron chi connectivity index (χ0n) is 7.71. The molecular formula is C10H9ClF2O2. The summed E-state index contributed by atoms with van der Waals surface area (Å²) in [6.07, 6.45) is -2.64. The van der Waals surface area contributed by atoms with Crippen molar-refractivity contribution in [1.82, 2.24) is 0 Å². The molecule has 0 radical (unpaired) electrons. The summed E-state index contributed by atoms with van der Waals surface area (Å²) in [5.74, 6) is -0.642. The highest BCUT2D eigenvalue weighted by molar-refractivity contribution is 6.19. The van der Waals surface area contributed by atoms with E-state index in [2.05, 4.69) is 0 Å². The van der Waals surface area contributed by atoms with Gasteiger partial charge in [-0.05, 0) is 18.2 Å². The second-order valence-corrected chi connectivity index (χ2v) is 3.32. The molecule has 0 bridgehead atoms. The van der Waals surface area contributed by atoms with E-state index in [9.17, 15) is 18.7 Å². The lowest BCUT2D eigenvalue weighted by Gasteiger charge is -2.05. The van der Waals surface area contributed by atoms with Gasteiger partial charge >= 0.3 is 0 Å². The molecule has 1 aromatic rings. The molecule has 0 aromatic heterocycles. The van der Waals surface area contributed by atoms with E-state index in [-0.39, 0.29) is 29.2 Å². The Hall–Kier alpha value is -1.16. The minimum atomic E-state index is -2.66. The van der Waals surface area contributed by atoms with Gasteiger partial charge in [0.1, 0.15) is 5.75 Å². The zero-order chi connectivity index (χ0) is 11.4. The molecule has 1 rings (SSSR count). The van der Waals surface area contributed by atoms with Crippen molar-refractivity contribution in [2.75, 3.05) is 5.88 Å². The molecule has 15 heavy (non-hydrogen) atoms. The van der Waals surface area contributed by atoms with E-state index in [0.717, 1.165) is 18.2 Å². The van der Waals surface area contributed by atoms with Gasteiger partial charge in [0.05, 0.1) is 5.56 Å². The molecule has 0 heterocycles. The maximum Gasteiger partial charge on any atom is 0.263 e. The van der Waals surface area contributed by atoms with Crippen LogP contribution in [0.15, 0.2) is 18.2 Å². The van der Waals surface area contributed by atoms with Crippen LogP contribution in [0.5, 0.6) is 5.75 Å². The number of alkyl halides is 3. The van der Waals surface area contributed by atoms with Crippen LogP contribution in [0.4, 0.5) is 8.78 Å². The normalized spacial score (nSPS) is 10.7. The summed E-state index contributed by atoms with van der Waals surface area (Å²) in [5, 5.41) is 9.30. The van der Waals surface area contributed by atoms with Gasteiger partial charge in [0.15, 0.2) is 5.78 Å². The van der Waals surface area contributed by atoms with Crippen LogP contribution in [-0.2, 0) is 0 Å². The number of aromatic hydroxyl groups is 1. The Labute approximate surface area is 90.5 Å². The van der Waals surface area contributed by atoms with Gasteiger partial charge < -0.3 is 5.11 Å². The van der Waals surface area contributed by atoms with Crippen LogP contribution in [0, 0.1) is 0 Å². The van der Waals surface area contributed by atoms with Crippen LogP contribution in [0.25, 0.3) is 0 Å². The van der Waals surface area contributed by atoms with Gasteiger partial charge in [-0.1, -0.05) is 0 Å². The molecular weight excluding hydrogens is 226 g/mol. The molecule has 0 spiro atoms. The first-order chi connectivity index (χ1) is 7.06. The molecule has 0 atom stereocenters. The summed E-state index contributed by atoms with van der Waals surface area (Å²) < 4.78 is 24.6. The van der Waals surface area contributed by atoms with Gasteiger partial charge in [-0.15, -0.1) is 11.6 Å². The zero-order valence-corrected chi connectivity index (χ0v) is 8.47. The number of phenols is 1. The van der Waals surface area contributed by atoms with Crippen LogP contribution >= 0.6 is 11.6 Å². The average Bonchev–Trinajstić information content (AvgIpc) is 2.18. The van der Waals surface area contributed by atoms with E-state index in [1.54, 1.807) is 0 Å². The fourth-order valence-corrected chi connectivity index (χ4v) is 1.30. The third-order valence-corrected chi connectivity index (χ3v) is 2.08. The molecule has 0 fully saturated rings. The van der Waals surface area contributed by atoms with Gasteiger partial charge in [-0.3, -0.25) is 4.79 Å². The Morgan fingerprint density at radius 2 is 2.13 bits per heavy atom. The summed E-state index contributed by atoms with van der Waals surface area (Å²) in [7, 11) is 0. The van der Waals surface area contributed by atoms with E-state index in [1.807, 2.05) is 0 Å². The highest BCUT2D eigenvalue weighted by Gasteiger charge is 2.14. The lowest BCUT2D eigenvalue weighted by molar-refractivity contribution is 0.0986. The second kappa shape index (κ2) is 5.07. The van der Waals surface area contributed by atoms with E-state index in [1.165, 1.54) is 0 Å². The SMILES string of the molecule is O=C(CCCl)c1cc(C(F)F)ccc1O. The molecule has 0 amide bonds. The smallest absolute Gasteiger partial charge is 0.263 e. The standard InChI is InChI=1S/C10H9ClF2O2/c11-4-3-9(15)7-5-6(10(12)13)1-2-8(7)14/h1-2,5,10,14H,3-4H2. The Balaban J connectivity index is 3.05. The van der Waals surface area contributed by atoms with Crippen LogP contribution in [-0.4, -0.2) is 16.8 Å². The van der Waals surface area contributed by atoms with Crippen molar-refractivity contribution in [2.45, 2.75) is 12.8 Å². The molecule has 0 aliphatic carbocycles. The number of carbonyl (C=O) groups is 1. The fourth-order valence-electron chi connectivity index (χ4n) is 1.13. The first-order valence-corrected chi connectivity index (χ1v) is 4.80. The van der Waals surface area contributed by atoms with Crippen LogP contribution < -0.4 is 0 Å². The van der Waals surface area contributed by atoms with Crippen molar-refractivity contribution in [3.63, 3.8) is 0 Å². The molecule has 1 aromatic carbocycles. The number of ketones is 1. The third kappa shape index (κ3) is 2.89. The summed E-state index contributed by atoms with van der Waals surface area (Å²) in [4.78, 5) is 11.4. The second-order valence-electron chi connectivity index (χ2n) is 2.94. The minimum absolute atomic E-state index is 0.0157.